The number of thiol groups is 1. The Balaban J connectivity index is 2.48. The lowest BCUT2D eigenvalue weighted by atomic mass is 9.90. The van der Waals surface area contributed by atoms with Crippen molar-refractivity contribution in [3.05, 3.63) is 0 Å². The highest BCUT2D eigenvalue weighted by Gasteiger charge is 2.37. The number of aliphatic hydroxyl groups excluding tert-OH is 1. The van der Waals surface area contributed by atoms with Gasteiger partial charge in [0.25, 0.3) is 0 Å². The van der Waals surface area contributed by atoms with Crippen molar-refractivity contribution in [2.75, 3.05) is 12.4 Å². The van der Waals surface area contributed by atoms with Gasteiger partial charge in [-0.2, -0.15) is 12.6 Å². The Hall–Kier alpha value is 1.01. The van der Waals surface area contributed by atoms with Gasteiger partial charge in [0.05, 0.1) is 11.2 Å². The summed E-state index contributed by atoms with van der Waals surface area (Å²) < 4.78 is 0.620. The van der Waals surface area contributed by atoms with E-state index in [4.69, 9.17) is 5.11 Å². The molecule has 0 bridgehead atoms. The maximum atomic E-state index is 9.08. The Labute approximate surface area is 101 Å². The van der Waals surface area contributed by atoms with Crippen molar-refractivity contribution in [3.8, 4) is 0 Å². The molecule has 0 aromatic carbocycles. The van der Waals surface area contributed by atoms with Gasteiger partial charge in [0.1, 0.15) is 0 Å². The van der Waals surface area contributed by atoms with E-state index in [0.29, 0.717) is 27.1 Å². The molecule has 1 nitrogen and oxygen atoms in total. The van der Waals surface area contributed by atoms with Gasteiger partial charge < -0.3 is 5.11 Å². The summed E-state index contributed by atoms with van der Waals surface area (Å²) in [5.41, 5.74) is 0.320. The second-order valence-electron chi connectivity index (χ2n) is 4.65. The second-order valence-corrected chi connectivity index (χ2v) is 8.38. The zero-order chi connectivity index (χ0) is 10.8. The van der Waals surface area contributed by atoms with E-state index >= 15 is 0 Å². The fourth-order valence-corrected chi connectivity index (χ4v) is 5.80. The van der Waals surface area contributed by atoms with Gasteiger partial charge in [0.15, 0.2) is 0 Å². The summed E-state index contributed by atoms with van der Waals surface area (Å²) in [6.45, 7) is 7.09. The number of thioether (sulfide) groups is 2. The van der Waals surface area contributed by atoms with E-state index in [1.807, 2.05) is 23.5 Å². The van der Waals surface area contributed by atoms with E-state index in [1.165, 1.54) is 0 Å². The molecule has 0 spiro atoms. The van der Waals surface area contributed by atoms with Crippen molar-refractivity contribution >= 4 is 36.2 Å². The van der Waals surface area contributed by atoms with Crippen LogP contribution in [0.2, 0.25) is 0 Å². The van der Waals surface area contributed by atoms with Crippen molar-refractivity contribution in [1.82, 2.24) is 0 Å². The molecule has 0 amide bonds. The molecular weight excluding hydrogens is 232 g/mol. The van der Waals surface area contributed by atoms with Gasteiger partial charge in [0.2, 0.25) is 0 Å². The molecule has 0 aromatic rings. The van der Waals surface area contributed by atoms with Crippen LogP contribution in [0.15, 0.2) is 0 Å². The molecule has 84 valence electrons. The first kappa shape index (κ1) is 13.1. The maximum Gasteiger partial charge on any atom is 0.0558 e. The van der Waals surface area contributed by atoms with Crippen LogP contribution in [-0.2, 0) is 0 Å². The smallest absolute Gasteiger partial charge is 0.0558 e. The van der Waals surface area contributed by atoms with Crippen LogP contribution in [-0.4, -0.2) is 32.5 Å². The molecule has 0 radical (unpaired) electrons. The van der Waals surface area contributed by atoms with E-state index in [2.05, 4.69) is 33.4 Å². The van der Waals surface area contributed by atoms with Gasteiger partial charge in [-0.3, -0.25) is 0 Å². The van der Waals surface area contributed by atoms with Gasteiger partial charge in [-0.25, -0.2) is 0 Å². The first-order chi connectivity index (χ1) is 6.45. The molecule has 3 atom stereocenters. The molecular formula is C10H20OS3. The summed E-state index contributed by atoms with van der Waals surface area (Å²) in [5.74, 6) is 1.09. The molecule has 1 saturated heterocycles. The van der Waals surface area contributed by atoms with Gasteiger partial charge in [0, 0.05) is 11.0 Å². The summed E-state index contributed by atoms with van der Waals surface area (Å²) >= 11 is 8.39. The first-order valence-corrected chi connectivity index (χ1v) is 7.52. The second kappa shape index (κ2) is 5.37. The van der Waals surface area contributed by atoms with E-state index in [9.17, 15) is 0 Å². The topological polar surface area (TPSA) is 20.2 Å². The zero-order valence-electron chi connectivity index (χ0n) is 9.06. The third-order valence-electron chi connectivity index (χ3n) is 2.41. The van der Waals surface area contributed by atoms with E-state index in [-0.39, 0.29) is 0 Å². The minimum atomic E-state index is 0.320. The lowest BCUT2D eigenvalue weighted by molar-refractivity contribution is 0.301. The average molecular weight is 252 g/mol. The molecule has 1 fully saturated rings. The third kappa shape index (κ3) is 3.54. The van der Waals surface area contributed by atoms with Gasteiger partial charge in [-0.05, 0) is 17.1 Å². The summed E-state index contributed by atoms with van der Waals surface area (Å²) in [4.78, 5) is 0. The van der Waals surface area contributed by atoms with Crippen LogP contribution in [0.3, 0.4) is 0 Å². The summed E-state index contributed by atoms with van der Waals surface area (Å²) in [6, 6.07) is 0. The van der Waals surface area contributed by atoms with E-state index < -0.39 is 0 Å². The molecule has 1 rings (SSSR count). The van der Waals surface area contributed by atoms with Crippen LogP contribution >= 0.6 is 36.2 Å². The molecule has 4 heteroatoms. The van der Waals surface area contributed by atoms with E-state index in [1.54, 1.807) is 0 Å². The Kier molecular flexibility index (Phi) is 5.02. The fourth-order valence-electron chi connectivity index (χ4n) is 1.81. The fraction of sp³-hybridized carbons (Fsp3) is 1.00. The highest BCUT2D eigenvalue weighted by Crippen LogP contribution is 2.49. The van der Waals surface area contributed by atoms with Gasteiger partial charge in [-0.15, -0.1) is 23.5 Å². The Bertz CT molecular complexity index is 182. The van der Waals surface area contributed by atoms with Crippen molar-refractivity contribution < 1.29 is 5.11 Å². The van der Waals surface area contributed by atoms with Crippen LogP contribution in [0.25, 0.3) is 0 Å². The van der Waals surface area contributed by atoms with Crippen LogP contribution in [0.4, 0.5) is 0 Å². The lowest BCUT2D eigenvalue weighted by Crippen LogP contribution is -2.25. The van der Waals surface area contributed by atoms with Gasteiger partial charge >= 0.3 is 0 Å². The third-order valence-corrected chi connectivity index (χ3v) is 6.67. The summed E-state index contributed by atoms with van der Waals surface area (Å²) in [5, 5.41) is 9.98. The molecule has 1 N–H and O–H groups in total. The zero-order valence-corrected chi connectivity index (χ0v) is 11.6. The highest BCUT2D eigenvalue weighted by atomic mass is 32.2. The van der Waals surface area contributed by atoms with Crippen molar-refractivity contribution in [3.63, 3.8) is 0 Å². The molecule has 0 aromatic heterocycles. The monoisotopic (exact) mass is 252 g/mol. The largest absolute Gasteiger partial charge is 0.395 e. The minimum absolute atomic E-state index is 0.320. The molecule has 0 aliphatic carbocycles. The molecule has 1 aliphatic heterocycles. The lowest BCUT2D eigenvalue weighted by Gasteiger charge is -2.31. The van der Waals surface area contributed by atoms with Crippen LogP contribution in [0.5, 0.6) is 0 Å². The Morgan fingerprint density at radius 3 is 2.64 bits per heavy atom. The standard InChI is InChI=1S/C10H20OS3/c1-7(12)4-10(2,3)9-13-6-8(5-11)14-9/h7-9,11-12H,4-6H2,1-3H3. The van der Waals surface area contributed by atoms with E-state index in [0.717, 1.165) is 12.2 Å². The number of hydrogen-bond donors (Lipinski definition) is 2. The number of aliphatic hydroxyl groups is 1. The first-order valence-electron chi connectivity index (χ1n) is 5.01. The quantitative estimate of drug-likeness (QED) is 0.751. The van der Waals surface area contributed by atoms with Crippen molar-refractivity contribution in [2.45, 2.75) is 42.3 Å². The number of rotatable bonds is 4. The van der Waals surface area contributed by atoms with Crippen LogP contribution < -0.4 is 0 Å². The summed E-state index contributed by atoms with van der Waals surface area (Å²) in [6.07, 6.45) is 1.14. The van der Waals surface area contributed by atoms with Gasteiger partial charge in [-0.1, -0.05) is 20.8 Å². The average Bonchev–Trinajstić information content (AvgIpc) is 2.49. The predicted octanol–water partition coefficient (Wildman–Crippen LogP) is 2.89. The minimum Gasteiger partial charge on any atom is -0.395 e. The predicted molar refractivity (Wildman–Crippen MR) is 71.6 cm³/mol. The molecule has 14 heavy (non-hydrogen) atoms. The highest BCUT2D eigenvalue weighted by molar-refractivity contribution is 8.20. The normalized spacial score (nSPS) is 30.6. The van der Waals surface area contributed by atoms with Crippen LogP contribution in [0.1, 0.15) is 27.2 Å². The van der Waals surface area contributed by atoms with Crippen molar-refractivity contribution in [1.29, 1.82) is 0 Å². The molecule has 3 unspecified atom stereocenters. The maximum absolute atomic E-state index is 9.08. The Morgan fingerprint density at radius 1 is 1.57 bits per heavy atom. The SMILES string of the molecule is CC(S)CC(C)(C)C1SCC(CO)S1. The van der Waals surface area contributed by atoms with Crippen molar-refractivity contribution in [2.24, 2.45) is 5.41 Å². The molecule has 1 aliphatic rings. The van der Waals surface area contributed by atoms with Crippen LogP contribution in [0, 0.1) is 5.41 Å². The summed E-state index contributed by atoms with van der Waals surface area (Å²) in [7, 11) is 0. The molecule has 1 heterocycles. The Morgan fingerprint density at radius 2 is 2.21 bits per heavy atom. The number of hydrogen-bond acceptors (Lipinski definition) is 4. The molecule has 0 saturated carbocycles.